The van der Waals surface area contributed by atoms with Gasteiger partial charge in [-0.25, -0.2) is 0 Å². The van der Waals surface area contributed by atoms with Gasteiger partial charge in [0, 0.05) is 10.2 Å². The van der Waals surface area contributed by atoms with Crippen LogP contribution < -0.4 is 10.6 Å². The minimum atomic E-state index is 0.224. The lowest BCUT2D eigenvalue weighted by atomic mass is 10.00. The molecule has 21 heavy (non-hydrogen) atoms. The number of hydrogen-bond donors (Lipinski definition) is 2. The first-order valence-electron chi connectivity index (χ1n) is 6.98. The summed E-state index contributed by atoms with van der Waals surface area (Å²) < 4.78 is 1.05. The number of thiocarbonyl (C=S) groups is 1. The molecule has 0 aliphatic rings. The number of benzene rings is 2. The van der Waals surface area contributed by atoms with Crippen LogP contribution in [0.25, 0.3) is 0 Å². The van der Waals surface area contributed by atoms with E-state index in [1.54, 1.807) is 0 Å². The van der Waals surface area contributed by atoms with Crippen molar-refractivity contribution < 1.29 is 0 Å². The van der Waals surface area contributed by atoms with Crippen molar-refractivity contribution in [1.82, 2.24) is 5.32 Å². The Labute approximate surface area is 140 Å². The number of aryl methyl sites for hydroxylation is 1. The summed E-state index contributed by atoms with van der Waals surface area (Å²) >= 11 is 8.85. The topological polar surface area (TPSA) is 24.1 Å². The zero-order valence-corrected chi connectivity index (χ0v) is 14.6. The zero-order chi connectivity index (χ0) is 15.2. The number of halogens is 1. The van der Waals surface area contributed by atoms with Crippen LogP contribution in [0.1, 0.15) is 30.5 Å². The van der Waals surface area contributed by atoms with E-state index in [0.717, 1.165) is 16.6 Å². The van der Waals surface area contributed by atoms with E-state index in [2.05, 4.69) is 64.7 Å². The normalized spacial score (nSPS) is 11.8. The van der Waals surface area contributed by atoms with Gasteiger partial charge in [-0.2, -0.15) is 0 Å². The van der Waals surface area contributed by atoms with Gasteiger partial charge in [0.2, 0.25) is 0 Å². The van der Waals surface area contributed by atoms with Crippen molar-refractivity contribution >= 4 is 38.9 Å². The molecule has 2 nitrogen and oxygen atoms in total. The molecule has 1 atom stereocenters. The maximum absolute atomic E-state index is 5.42. The molecule has 0 fully saturated rings. The monoisotopic (exact) mass is 362 g/mol. The van der Waals surface area contributed by atoms with Gasteiger partial charge in [0.15, 0.2) is 5.11 Å². The van der Waals surface area contributed by atoms with Gasteiger partial charge in [-0.3, -0.25) is 0 Å². The fraction of sp³-hybridized carbons (Fsp3) is 0.235. The largest absolute Gasteiger partial charge is 0.356 e. The first-order valence-corrected chi connectivity index (χ1v) is 8.19. The van der Waals surface area contributed by atoms with E-state index in [0.29, 0.717) is 5.11 Å². The van der Waals surface area contributed by atoms with Crippen molar-refractivity contribution in [3.63, 3.8) is 0 Å². The zero-order valence-electron chi connectivity index (χ0n) is 12.2. The van der Waals surface area contributed by atoms with Gasteiger partial charge >= 0.3 is 0 Å². The molecule has 0 saturated carbocycles. The number of nitrogens with one attached hydrogen (secondary N) is 2. The number of hydrogen-bond acceptors (Lipinski definition) is 1. The molecule has 2 N–H and O–H groups in total. The lowest BCUT2D eigenvalue weighted by molar-refractivity contribution is 0.625. The van der Waals surface area contributed by atoms with Crippen molar-refractivity contribution in [3.05, 3.63) is 64.1 Å². The summed E-state index contributed by atoms with van der Waals surface area (Å²) in [6.45, 7) is 4.29. The lowest BCUT2D eigenvalue weighted by Crippen LogP contribution is -2.32. The minimum Gasteiger partial charge on any atom is -0.356 e. The summed E-state index contributed by atoms with van der Waals surface area (Å²) in [6.07, 6.45) is 0.979. The third-order valence-corrected chi connectivity index (χ3v) is 4.13. The average Bonchev–Trinajstić information content (AvgIpc) is 2.48. The van der Waals surface area contributed by atoms with Gasteiger partial charge in [-0.1, -0.05) is 47.1 Å². The first kappa shape index (κ1) is 16.0. The lowest BCUT2D eigenvalue weighted by Gasteiger charge is -2.21. The second-order valence-corrected chi connectivity index (χ2v) is 6.25. The van der Waals surface area contributed by atoms with E-state index in [1.165, 1.54) is 11.1 Å². The van der Waals surface area contributed by atoms with Crippen LogP contribution in [0.15, 0.2) is 53.0 Å². The molecule has 0 aliphatic heterocycles. The van der Waals surface area contributed by atoms with Gasteiger partial charge in [0.05, 0.1) is 6.04 Å². The Morgan fingerprint density at radius 3 is 2.43 bits per heavy atom. The maximum Gasteiger partial charge on any atom is 0.171 e. The highest BCUT2D eigenvalue weighted by atomic mass is 79.9. The molecule has 2 rings (SSSR count). The van der Waals surface area contributed by atoms with Crippen LogP contribution in [0.4, 0.5) is 5.69 Å². The van der Waals surface area contributed by atoms with Crippen molar-refractivity contribution in [1.29, 1.82) is 0 Å². The molecular weight excluding hydrogens is 344 g/mol. The van der Waals surface area contributed by atoms with E-state index in [-0.39, 0.29) is 6.04 Å². The molecule has 4 heteroatoms. The van der Waals surface area contributed by atoms with Crippen LogP contribution in [-0.4, -0.2) is 5.11 Å². The second kappa shape index (κ2) is 7.57. The predicted molar refractivity (Wildman–Crippen MR) is 97.7 cm³/mol. The van der Waals surface area contributed by atoms with Crippen LogP contribution in [0.3, 0.4) is 0 Å². The van der Waals surface area contributed by atoms with Gasteiger partial charge in [-0.05, 0) is 61.0 Å². The smallest absolute Gasteiger partial charge is 0.171 e. The van der Waals surface area contributed by atoms with Gasteiger partial charge in [0.25, 0.3) is 0 Å². The molecule has 0 heterocycles. The van der Waals surface area contributed by atoms with Crippen LogP contribution in [0.5, 0.6) is 0 Å². The van der Waals surface area contributed by atoms with Crippen LogP contribution >= 0.6 is 28.1 Å². The fourth-order valence-electron chi connectivity index (χ4n) is 2.24. The predicted octanol–water partition coefficient (Wildman–Crippen LogP) is 5.20. The van der Waals surface area contributed by atoms with Gasteiger partial charge < -0.3 is 10.6 Å². The van der Waals surface area contributed by atoms with E-state index in [1.807, 2.05) is 24.3 Å². The van der Waals surface area contributed by atoms with Gasteiger partial charge in [0.1, 0.15) is 0 Å². The highest BCUT2D eigenvalue weighted by Crippen LogP contribution is 2.20. The molecule has 0 aromatic heterocycles. The van der Waals surface area contributed by atoms with Crippen LogP contribution in [0.2, 0.25) is 0 Å². The molecule has 0 unspecified atom stereocenters. The maximum atomic E-state index is 5.42. The Morgan fingerprint density at radius 1 is 1.14 bits per heavy atom. The highest BCUT2D eigenvalue weighted by Gasteiger charge is 2.12. The van der Waals surface area contributed by atoms with E-state index in [9.17, 15) is 0 Å². The van der Waals surface area contributed by atoms with Crippen LogP contribution in [-0.2, 0) is 0 Å². The average molecular weight is 363 g/mol. The summed E-state index contributed by atoms with van der Waals surface area (Å²) in [7, 11) is 0. The molecular formula is C17H19BrN2S. The summed E-state index contributed by atoms with van der Waals surface area (Å²) in [5, 5.41) is 7.26. The highest BCUT2D eigenvalue weighted by molar-refractivity contribution is 9.10. The molecule has 2 aromatic carbocycles. The molecule has 0 bridgehead atoms. The second-order valence-electron chi connectivity index (χ2n) is 4.92. The Hall–Kier alpha value is -1.39. The Balaban J connectivity index is 2.03. The third-order valence-electron chi connectivity index (χ3n) is 3.38. The van der Waals surface area contributed by atoms with Gasteiger partial charge in [-0.15, -0.1) is 0 Å². The standard InChI is InChI=1S/C17H19BrN2S/c1-3-16(15-7-5-4-6-12(15)2)20-17(21)19-14-10-8-13(18)9-11-14/h4-11,16H,3H2,1-2H3,(H2,19,20,21)/t16-/m1/s1. The number of rotatable bonds is 4. The van der Waals surface area contributed by atoms with Crippen LogP contribution in [0, 0.1) is 6.92 Å². The van der Waals surface area contributed by atoms with E-state index < -0.39 is 0 Å². The van der Waals surface area contributed by atoms with Crippen molar-refractivity contribution in [2.75, 3.05) is 5.32 Å². The first-order chi connectivity index (χ1) is 10.1. The van der Waals surface area contributed by atoms with Crippen molar-refractivity contribution in [2.45, 2.75) is 26.3 Å². The Morgan fingerprint density at radius 2 is 1.81 bits per heavy atom. The summed E-state index contributed by atoms with van der Waals surface area (Å²) in [5.41, 5.74) is 3.55. The SMILES string of the molecule is CC[C@@H](NC(=S)Nc1ccc(Br)cc1)c1ccccc1C. The Kier molecular flexibility index (Phi) is 5.76. The molecule has 110 valence electrons. The number of anilines is 1. The van der Waals surface area contributed by atoms with E-state index in [4.69, 9.17) is 12.2 Å². The molecule has 0 amide bonds. The summed E-state index contributed by atoms with van der Waals surface area (Å²) in [5.74, 6) is 0. The van der Waals surface area contributed by atoms with E-state index >= 15 is 0 Å². The molecule has 0 aliphatic carbocycles. The fourth-order valence-corrected chi connectivity index (χ4v) is 2.76. The molecule has 0 spiro atoms. The summed E-state index contributed by atoms with van der Waals surface area (Å²) in [4.78, 5) is 0. The van der Waals surface area contributed by atoms with Crippen molar-refractivity contribution in [3.8, 4) is 0 Å². The quantitative estimate of drug-likeness (QED) is 0.731. The third kappa shape index (κ3) is 4.55. The van der Waals surface area contributed by atoms with Crippen molar-refractivity contribution in [2.24, 2.45) is 0 Å². The minimum absolute atomic E-state index is 0.224. The Bertz CT molecular complexity index is 610. The molecule has 2 aromatic rings. The summed E-state index contributed by atoms with van der Waals surface area (Å²) in [6, 6.07) is 16.6. The molecule has 0 saturated heterocycles. The molecule has 0 radical (unpaired) electrons.